The van der Waals surface area contributed by atoms with Crippen molar-refractivity contribution < 1.29 is 13.9 Å². The van der Waals surface area contributed by atoms with Crippen LogP contribution in [0.1, 0.15) is 49.3 Å². The zero-order chi connectivity index (χ0) is 25.9. The second kappa shape index (κ2) is 11.3. The molecule has 1 aliphatic rings. The largest absolute Gasteiger partial charge is 0.593 e. The third-order valence-electron chi connectivity index (χ3n) is 7.62. The fraction of sp³-hybridized carbons (Fsp3) is 0.400. The molecule has 192 valence electrons. The average molecular weight is 507 g/mol. The molecule has 1 saturated heterocycles. The molecule has 4 rings (SSSR count). The molecule has 3 aromatic carbocycles. The van der Waals surface area contributed by atoms with Crippen molar-refractivity contribution in [3.8, 4) is 16.9 Å². The van der Waals surface area contributed by atoms with Gasteiger partial charge in [-0.2, -0.15) is 0 Å². The van der Waals surface area contributed by atoms with E-state index in [0.29, 0.717) is 35.7 Å². The molecular weight excluding hydrogens is 468 g/mol. The van der Waals surface area contributed by atoms with E-state index in [0.717, 1.165) is 42.6 Å². The third-order valence-corrected chi connectivity index (χ3v) is 9.75. The van der Waals surface area contributed by atoms with E-state index in [1.165, 1.54) is 11.1 Å². The molecule has 3 atom stereocenters. The maximum absolute atomic E-state index is 13.1. The quantitative estimate of drug-likeness (QED) is 0.264. The van der Waals surface area contributed by atoms with Gasteiger partial charge in [0.2, 0.25) is 0 Å². The van der Waals surface area contributed by atoms with Crippen molar-refractivity contribution in [2.75, 3.05) is 26.2 Å². The van der Waals surface area contributed by atoms with Crippen LogP contribution in [0.2, 0.25) is 0 Å². The minimum Gasteiger partial charge on any atom is -0.593 e. The van der Waals surface area contributed by atoms with Crippen LogP contribution >= 0.6 is 0 Å². The van der Waals surface area contributed by atoms with Crippen LogP contribution < -0.4 is 0 Å². The molecular formula is C30H38N2O3S. The van der Waals surface area contributed by atoms with Gasteiger partial charge in [0.1, 0.15) is 5.75 Å². The number of aromatic hydroxyl groups is 1. The first-order chi connectivity index (χ1) is 17.2. The molecule has 0 aliphatic carbocycles. The van der Waals surface area contributed by atoms with Crippen molar-refractivity contribution >= 4 is 10.4 Å². The summed E-state index contributed by atoms with van der Waals surface area (Å²) in [6.07, 6.45) is 1.84. The normalized spacial score (nSPS) is 19.7. The highest BCUT2D eigenvalue weighted by Crippen LogP contribution is 2.36. The monoisotopic (exact) mass is 506 g/mol. The Morgan fingerprint density at radius 1 is 1.03 bits per heavy atom. The van der Waals surface area contributed by atoms with Crippen molar-refractivity contribution in [2.45, 2.75) is 57.4 Å². The summed E-state index contributed by atoms with van der Waals surface area (Å²) >= 11 is 0. The van der Waals surface area contributed by atoms with Gasteiger partial charge in [-0.3, -0.25) is 4.90 Å². The van der Waals surface area contributed by atoms with Gasteiger partial charge in [0, 0.05) is 37.2 Å². The molecule has 0 aromatic heterocycles. The van der Waals surface area contributed by atoms with Crippen LogP contribution in [-0.4, -0.2) is 51.1 Å². The van der Waals surface area contributed by atoms with Gasteiger partial charge in [-0.1, -0.05) is 52.7 Å². The highest BCUT2D eigenvalue weighted by atomic mass is 32.3. The Labute approximate surface area is 217 Å². The molecule has 5 nitrogen and oxygen atoms in total. The average Bonchev–Trinajstić information content (AvgIpc) is 2.85. The maximum atomic E-state index is 13.1. The highest BCUT2D eigenvalue weighted by Gasteiger charge is 2.36. The first kappa shape index (κ1) is 26.6. The van der Waals surface area contributed by atoms with Crippen LogP contribution in [0, 0.1) is 13.8 Å². The summed E-state index contributed by atoms with van der Waals surface area (Å²) in [5, 5.41) is 9.67. The topological polar surface area (TPSA) is 66.8 Å². The lowest BCUT2D eigenvalue weighted by atomic mass is 9.83. The molecule has 0 amide bonds. The summed E-state index contributed by atoms with van der Waals surface area (Å²) in [5.74, 6) is 0.820. The van der Waals surface area contributed by atoms with Gasteiger partial charge in [-0.05, 0) is 87.5 Å². The molecule has 1 heterocycles. The second-order valence-corrected chi connectivity index (χ2v) is 11.8. The molecule has 6 heteroatoms. The number of benzene rings is 3. The van der Waals surface area contributed by atoms with Crippen molar-refractivity contribution in [3.05, 3.63) is 83.4 Å². The predicted octanol–water partition coefficient (Wildman–Crippen LogP) is 6.17. The maximum Gasteiger partial charge on any atom is 0.178 e. The van der Waals surface area contributed by atoms with Crippen LogP contribution in [0.15, 0.2) is 71.6 Å². The molecule has 0 bridgehead atoms. The number of phenols is 1. The minimum atomic E-state index is -3.45. The van der Waals surface area contributed by atoms with Crippen LogP contribution in [0.3, 0.4) is 0 Å². The smallest absolute Gasteiger partial charge is 0.178 e. The number of likely N-dealkylation sites (tertiary alicyclic amines) is 1. The Kier molecular flexibility index (Phi) is 8.30. The molecule has 0 radical (unpaired) electrons. The molecule has 1 aliphatic heterocycles. The van der Waals surface area contributed by atoms with E-state index < -0.39 is 10.4 Å². The summed E-state index contributed by atoms with van der Waals surface area (Å²) < 4.78 is 27.8. The number of hydrogen-bond acceptors (Lipinski definition) is 4. The van der Waals surface area contributed by atoms with E-state index in [1.807, 2.05) is 39.0 Å². The Bertz CT molecular complexity index is 1230. The minimum absolute atomic E-state index is 0.298. The van der Waals surface area contributed by atoms with Crippen molar-refractivity contribution in [1.82, 2.24) is 9.21 Å². The Morgan fingerprint density at radius 2 is 1.75 bits per heavy atom. The fourth-order valence-electron chi connectivity index (χ4n) is 5.28. The third kappa shape index (κ3) is 5.57. The molecule has 36 heavy (non-hydrogen) atoms. The number of hydrogen-bond donors (Lipinski definition) is 1. The van der Waals surface area contributed by atoms with E-state index >= 15 is 0 Å². The first-order valence-electron chi connectivity index (χ1n) is 12.9. The van der Waals surface area contributed by atoms with Crippen LogP contribution in [0.4, 0.5) is 0 Å². The summed E-state index contributed by atoms with van der Waals surface area (Å²) in [6, 6.07) is 22.0. The zero-order valence-corrected chi connectivity index (χ0v) is 22.6. The van der Waals surface area contributed by atoms with E-state index in [9.17, 15) is 13.9 Å². The van der Waals surface area contributed by atoms with Crippen molar-refractivity contribution in [2.24, 2.45) is 0 Å². The lowest BCUT2D eigenvalue weighted by Crippen LogP contribution is -2.53. The first-order valence-corrected chi connectivity index (χ1v) is 14.4. The number of phenolic OH excluding ortho intramolecular Hbond substituents is 1. The SMILES string of the molecule is CCN(CCCCN1CC(c2ccc(-c3ccc(O)cc3C)cc2)C1C)[S+](=O)([O-])c1ccccc1C. The Hall–Kier alpha value is -2.51. The molecule has 3 aromatic rings. The van der Waals surface area contributed by atoms with Gasteiger partial charge in [0.25, 0.3) is 0 Å². The van der Waals surface area contributed by atoms with E-state index in [4.69, 9.17) is 0 Å². The van der Waals surface area contributed by atoms with Crippen LogP contribution in [0.5, 0.6) is 5.75 Å². The van der Waals surface area contributed by atoms with E-state index in [-0.39, 0.29) is 0 Å². The van der Waals surface area contributed by atoms with Gasteiger partial charge < -0.3 is 9.66 Å². The van der Waals surface area contributed by atoms with Gasteiger partial charge in [-0.25, -0.2) is 0 Å². The number of unbranched alkanes of at least 4 members (excludes halogenated alkanes) is 1. The van der Waals surface area contributed by atoms with Crippen molar-refractivity contribution in [1.29, 1.82) is 0 Å². The van der Waals surface area contributed by atoms with Crippen LogP contribution in [-0.2, 0) is 14.6 Å². The second-order valence-electron chi connectivity index (χ2n) is 9.93. The molecule has 0 saturated carbocycles. The lowest BCUT2D eigenvalue weighted by Gasteiger charge is -2.47. The highest BCUT2D eigenvalue weighted by molar-refractivity contribution is 7.95. The van der Waals surface area contributed by atoms with Crippen molar-refractivity contribution in [3.63, 3.8) is 0 Å². The summed E-state index contributed by atoms with van der Waals surface area (Å²) in [4.78, 5) is 2.91. The number of rotatable bonds is 10. The van der Waals surface area contributed by atoms with Gasteiger partial charge in [0.15, 0.2) is 15.3 Å². The van der Waals surface area contributed by atoms with Crippen LogP contribution in [0.25, 0.3) is 11.1 Å². The summed E-state index contributed by atoms with van der Waals surface area (Å²) in [6.45, 7) is 11.1. The Balaban J connectivity index is 1.26. The van der Waals surface area contributed by atoms with Gasteiger partial charge >= 0.3 is 0 Å². The van der Waals surface area contributed by atoms with E-state index in [2.05, 4.69) is 36.1 Å². The standard InChI is InChI=1S/C30H38N2O3S/c1-5-32(36(34,35)30-11-7-6-10-22(30)2)19-9-8-18-31-21-29(24(31)4)26-14-12-25(13-15-26)28-17-16-27(33)20-23(28)3/h6-7,10-17,20,24,29H,5,8-9,18-19,21H2,1-4H3,(H-,33,34,35). The van der Waals surface area contributed by atoms with E-state index in [1.54, 1.807) is 28.6 Å². The fourth-order valence-corrected chi connectivity index (χ4v) is 7.00. The molecule has 0 spiro atoms. The summed E-state index contributed by atoms with van der Waals surface area (Å²) in [7, 11) is -3.45. The summed E-state index contributed by atoms with van der Waals surface area (Å²) in [5.41, 5.74) is 5.54. The van der Waals surface area contributed by atoms with Gasteiger partial charge in [-0.15, -0.1) is 4.31 Å². The van der Waals surface area contributed by atoms with Gasteiger partial charge in [0.05, 0.1) is 0 Å². The molecule has 3 unspecified atom stereocenters. The molecule has 1 fully saturated rings. The number of sulfonamides is 1. The number of aryl methyl sites for hydroxylation is 2. The zero-order valence-electron chi connectivity index (χ0n) is 21.8. The Morgan fingerprint density at radius 3 is 2.39 bits per heavy atom. The predicted molar refractivity (Wildman–Crippen MR) is 147 cm³/mol. The lowest BCUT2D eigenvalue weighted by molar-refractivity contribution is 0.0705. The number of nitrogens with zero attached hydrogens (tertiary/aromatic N) is 2. The molecule has 1 N–H and O–H groups in total.